The Balaban J connectivity index is 2.07. The van der Waals surface area contributed by atoms with Crippen LogP contribution in [-0.4, -0.2) is 18.5 Å². The summed E-state index contributed by atoms with van der Waals surface area (Å²) in [6, 6.07) is 1.48. The predicted octanol–water partition coefficient (Wildman–Crippen LogP) is 1.48. The lowest BCUT2D eigenvalue weighted by Crippen LogP contribution is -2.22. The molecule has 18 heavy (non-hydrogen) atoms. The van der Waals surface area contributed by atoms with Gasteiger partial charge in [0, 0.05) is 27.9 Å². The van der Waals surface area contributed by atoms with Crippen molar-refractivity contribution in [3.63, 3.8) is 0 Å². The lowest BCUT2D eigenvalue weighted by atomic mass is 10.5. The van der Waals surface area contributed by atoms with Crippen molar-refractivity contribution in [1.82, 2.24) is 9.71 Å². The Hall–Kier alpha value is -0.800. The minimum Gasteiger partial charge on any atom is -0.391 e. The Kier molecular flexibility index (Phi) is 4.13. The molecule has 2 rings (SSSR count). The van der Waals surface area contributed by atoms with Crippen LogP contribution in [0.1, 0.15) is 14.8 Å². The van der Waals surface area contributed by atoms with Crippen molar-refractivity contribution in [2.75, 3.05) is 0 Å². The van der Waals surface area contributed by atoms with Crippen molar-refractivity contribution in [1.29, 1.82) is 0 Å². The van der Waals surface area contributed by atoms with E-state index >= 15 is 0 Å². The normalized spacial score (nSPS) is 11.9. The van der Waals surface area contributed by atoms with E-state index in [4.69, 9.17) is 5.11 Å². The van der Waals surface area contributed by atoms with Crippen LogP contribution >= 0.6 is 22.7 Å². The number of aliphatic hydroxyl groups excluding tert-OH is 1. The first kappa shape index (κ1) is 13.6. The fourth-order valence-electron chi connectivity index (χ4n) is 1.32. The zero-order valence-electron chi connectivity index (χ0n) is 9.58. The molecule has 0 saturated carbocycles. The molecule has 98 valence electrons. The number of nitrogens with one attached hydrogen (secondary N) is 1. The molecule has 8 heteroatoms. The van der Waals surface area contributed by atoms with Gasteiger partial charge in [0.1, 0.15) is 0 Å². The molecule has 0 fully saturated rings. The van der Waals surface area contributed by atoms with E-state index in [1.54, 1.807) is 6.20 Å². The number of hydrogen-bond donors (Lipinski definition) is 2. The molecule has 0 bridgehead atoms. The Morgan fingerprint density at radius 1 is 1.44 bits per heavy atom. The number of hydrogen-bond acceptors (Lipinski definition) is 6. The van der Waals surface area contributed by atoms with Gasteiger partial charge in [0.2, 0.25) is 10.0 Å². The first-order chi connectivity index (χ1) is 8.51. The van der Waals surface area contributed by atoms with Crippen molar-refractivity contribution >= 4 is 32.7 Å². The summed E-state index contributed by atoms with van der Waals surface area (Å²) in [4.78, 5) is 5.75. The van der Waals surface area contributed by atoms with E-state index in [2.05, 4.69) is 9.71 Å². The Morgan fingerprint density at radius 2 is 2.22 bits per heavy atom. The van der Waals surface area contributed by atoms with Gasteiger partial charge in [-0.1, -0.05) is 0 Å². The maximum atomic E-state index is 11.9. The predicted molar refractivity (Wildman–Crippen MR) is 71.1 cm³/mol. The number of aromatic nitrogens is 1. The van der Waals surface area contributed by atoms with E-state index in [9.17, 15) is 8.42 Å². The SMILES string of the molecule is Cc1ncc(CNS(=O)(=O)c2csc(CO)c2)s1. The molecule has 2 heterocycles. The van der Waals surface area contributed by atoms with Crippen LogP contribution in [0.2, 0.25) is 0 Å². The van der Waals surface area contributed by atoms with Gasteiger partial charge in [0.05, 0.1) is 16.5 Å². The molecule has 2 N–H and O–H groups in total. The summed E-state index contributed by atoms with van der Waals surface area (Å²) in [7, 11) is -3.51. The van der Waals surface area contributed by atoms with Gasteiger partial charge in [-0.15, -0.1) is 22.7 Å². The summed E-state index contributed by atoms with van der Waals surface area (Å²) < 4.78 is 26.4. The van der Waals surface area contributed by atoms with Crippen LogP contribution in [0.25, 0.3) is 0 Å². The molecule has 0 radical (unpaired) electrons. The molecule has 5 nitrogen and oxygen atoms in total. The van der Waals surface area contributed by atoms with Crippen molar-refractivity contribution in [3.05, 3.63) is 32.4 Å². The van der Waals surface area contributed by atoms with Crippen LogP contribution in [0.15, 0.2) is 22.5 Å². The molecular formula is C10H12N2O3S3. The number of aryl methyl sites for hydroxylation is 1. The van der Waals surface area contributed by atoms with Gasteiger partial charge >= 0.3 is 0 Å². The van der Waals surface area contributed by atoms with Gasteiger partial charge < -0.3 is 5.11 Å². The van der Waals surface area contributed by atoms with E-state index in [0.717, 1.165) is 9.88 Å². The third-order valence-corrected chi connectivity index (χ3v) is 5.57. The molecule has 0 aliphatic carbocycles. The summed E-state index contributed by atoms with van der Waals surface area (Å²) in [6.07, 6.45) is 1.66. The van der Waals surface area contributed by atoms with Gasteiger partial charge in [-0.2, -0.15) is 0 Å². The van der Waals surface area contributed by atoms with E-state index in [0.29, 0.717) is 4.88 Å². The first-order valence-corrected chi connectivity index (χ1v) is 8.28. The van der Waals surface area contributed by atoms with Crippen molar-refractivity contribution in [3.8, 4) is 0 Å². The smallest absolute Gasteiger partial charge is 0.241 e. The Bertz CT molecular complexity index is 630. The van der Waals surface area contributed by atoms with Gasteiger partial charge in [0.15, 0.2) is 0 Å². The zero-order chi connectivity index (χ0) is 13.2. The molecule has 0 unspecified atom stereocenters. The van der Waals surface area contributed by atoms with Crippen LogP contribution < -0.4 is 4.72 Å². The minimum absolute atomic E-state index is 0.145. The largest absolute Gasteiger partial charge is 0.391 e. The minimum atomic E-state index is -3.51. The average molecular weight is 304 g/mol. The molecule has 2 aromatic rings. The Morgan fingerprint density at radius 3 is 2.78 bits per heavy atom. The third-order valence-electron chi connectivity index (χ3n) is 2.20. The highest BCUT2D eigenvalue weighted by molar-refractivity contribution is 7.89. The van der Waals surface area contributed by atoms with E-state index in [1.807, 2.05) is 6.92 Å². The lowest BCUT2D eigenvalue weighted by molar-refractivity contribution is 0.285. The highest BCUT2D eigenvalue weighted by atomic mass is 32.2. The summed E-state index contributed by atoms with van der Waals surface area (Å²) in [5.74, 6) is 0. The highest BCUT2D eigenvalue weighted by Gasteiger charge is 2.16. The second-order valence-electron chi connectivity index (χ2n) is 3.58. The molecule has 0 atom stereocenters. The molecule has 2 aromatic heterocycles. The number of rotatable bonds is 5. The number of aliphatic hydroxyl groups is 1. The van der Waals surface area contributed by atoms with Crippen LogP contribution in [0.5, 0.6) is 0 Å². The summed E-state index contributed by atoms with van der Waals surface area (Å²) >= 11 is 2.68. The van der Waals surface area contributed by atoms with Gasteiger partial charge in [-0.3, -0.25) is 0 Å². The van der Waals surface area contributed by atoms with E-state index < -0.39 is 10.0 Å². The number of thiophene rings is 1. The van der Waals surface area contributed by atoms with Crippen molar-refractivity contribution in [2.45, 2.75) is 25.0 Å². The maximum Gasteiger partial charge on any atom is 0.241 e. The average Bonchev–Trinajstić information content (AvgIpc) is 2.95. The molecule has 0 aliphatic heterocycles. The fourth-order valence-corrected chi connectivity index (χ4v) is 4.29. The van der Waals surface area contributed by atoms with E-state index in [1.165, 1.54) is 34.1 Å². The summed E-state index contributed by atoms with van der Waals surface area (Å²) in [5.41, 5.74) is 0. The molecule has 0 saturated heterocycles. The van der Waals surface area contributed by atoms with Gasteiger partial charge in [-0.25, -0.2) is 18.1 Å². The highest BCUT2D eigenvalue weighted by Crippen LogP contribution is 2.19. The van der Waals surface area contributed by atoms with Crippen LogP contribution in [0, 0.1) is 6.92 Å². The van der Waals surface area contributed by atoms with Crippen molar-refractivity contribution in [2.24, 2.45) is 0 Å². The third kappa shape index (κ3) is 3.15. The quantitative estimate of drug-likeness (QED) is 0.877. The summed E-state index contributed by atoms with van der Waals surface area (Å²) in [5, 5.41) is 11.3. The van der Waals surface area contributed by atoms with Crippen LogP contribution in [0.4, 0.5) is 0 Å². The maximum absolute atomic E-state index is 11.9. The van der Waals surface area contributed by atoms with Gasteiger partial charge in [0.25, 0.3) is 0 Å². The second-order valence-corrected chi connectivity index (χ2v) is 7.66. The second kappa shape index (κ2) is 5.45. The van der Waals surface area contributed by atoms with Gasteiger partial charge in [-0.05, 0) is 13.0 Å². The topological polar surface area (TPSA) is 79.3 Å². The molecule has 0 aromatic carbocycles. The summed E-state index contributed by atoms with van der Waals surface area (Å²) in [6.45, 7) is 1.96. The monoisotopic (exact) mass is 304 g/mol. The standard InChI is InChI=1S/C10H12N2O3S3/c1-7-11-3-9(17-7)4-12-18(14,15)10-2-8(5-13)16-6-10/h2-3,6,12-13H,4-5H2,1H3. The van der Waals surface area contributed by atoms with Crippen LogP contribution in [-0.2, 0) is 23.2 Å². The Labute approximate surface area is 113 Å². The molecule has 0 aliphatic rings. The van der Waals surface area contributed by atoms with Crippen LogP contribution in [0.3, 0.4) is 0 Å². The first-order valence-electron chi connectivity index (χ1n) is 5.10. The molecule has 0 spiro atoms. The number of sulfonamides is 1. The number of thiazole rings is 1. The zero-order valence-corrected chi connectivity index (χ0v) is 12.0. The van der Waals surface area contributed by atoms with Crippen molar-refractivity contribution < 1.29 is 13.5 Å². The van der Waals surface area contributed by atoms with E-state index in [-0.39, 0.29) is 18.0 Å². The lowest BCUT2D eigenvalue weighted by Gasteiger charge is -2.02. The molecular weight excluding hydrogens is 292 g/mol. The number of nitrogens with zero attached hydrogens (tertiary/aromatic N) is 1. The molecule has 0 amide bonds. The fraction of sp³-hybridized carbons (Fsp3) is 0.300.